The van der Waals surface area contributed by atoms with E-state index in [9.17, 15) is 0 Å². The third kappa shape index (κ3) is 5.64. The van der Waals surface area contributed by atoms with Crippen molar-refractivity contribution in [2.24, 2.45) is 5.92 Å². The minimum absolute atomic E-state index is 0.603. The molecule has 0 saturated carbocycles. The monoisotopic (exact) mass is 301 g/mol. The van der Waals surface area contributed by atoms with Crippen molar-refractivity contribution >= 4 is 11.3 Å². The third-order valence-corrected chi connectivity index (χ3v) is 4.75. The summed E-state index contributed by atoms with van der Waals surface area (Å²) >= 11 is 1.87. The Morgan fingerprint density at radius 3 is 2.43 bits per heavy atom. The van der Waals surface area contributed by atoms with Crippen molar-refractivity contribution in [1.29, 1.82) is 0 Å². The SMILES string of the molecule is Cc1ccc(C(CCc2cccs2)CNCC(C)C)cc1. The van der Waals surface area contributed by atoms with E-state index < -0.39 is 0 Å². The van der Waals surface area contributed by atoms with E-state index in [4.69, 9.17) is 0 Å². The molecular formula is C19H27NS. The molecule has 0 aliphatic heterocycles. The van der Waals surface area contributed by atoms with E-state index >= 15 is 0 Å². The van der Waals surface area contributed by atoms with Crippen molar-refractivity contribution in [3.63, 3.8) is 0 Å². The number of aryl methyl sites for hydroxylation is 2. The van der Waals surface area contributed by atoms with Crippen LogP contribution in [0.15, 0.2) is 41.8 Å². The molecule has 1 aromatic heterocycles. The lowest BCUT2D eigenvalue weighted by atomic mass is 9.93. The van der Waals surface area contributed by atoms with E-state index in [1.807, 2.05) is 11.3 Å². The van der Waals surface area contributed by atoms with Gasteiger partial charge in [0.15, 0.2) is 0 Å². The molecule has 0 radical (unpaired) electrons. The molecule has 2 heteroatoms. The topological polar surface area (TPSA) is 12.0 Å². The molecule has 21 heavy (non-hydrogen) atoms. The molecule has 0 fully saturated rings. The molecule has 0 bridgehead atoms. The minimum Gasteiger partial charge on any atom is -0.316 e. The highest BCUT2D eigenvalue weighted by molar-refractivity contribution is 7.09. The lowest BCUT2D eigenvalue weighted by molar-refractivity contribution is 0.501. The van der Waals surface area contributed by atoms with E-state index in [0.717, 1.165) is 13.1 Å². The van der Waals surface area contributed by atoms with Gasteiger partial charge in [-0.2, -0.15) is 0 Å². The Labute approximate surface area is 133 Å². The van der Waals surface area contributed by atoms with Gasteiger partial charge < -0.3 is 5.32 Å². The molecule has 114 valence electrons. The number of hydrogen-bond donors (Lipinski definition) is 1. The highest BCUT2D eigenvalue weighted by Crippen LogP contribution is 2.23. The highest BCUT2D eigenvalue weighted by atomic mass is 32.1. The van der Waals surface area contributed by atoms with Crippen LogP contribution < -0.4 is 5.32 Å². The Morgan fingerprint density at radius 2 is 1.81 bits per heavy atom. The molecule has 1 heterocycles. The van der Waals surface area contributed by atoms with Crippen LogP contribution in [0.4, 0.5) is 0 Å². The van der Waals surface area contributed by atoms with E-state index in [2.05, 4.69) is 67.9 Å². The highest BCUT2D eigenvalue weighted by Gasteiger charge is 2.12. The Bertz CT molecular complexity index is 499. The van der Waals surface area contributed by atoms with Gasteiger partial charge in [-0.1, -0.05) is 49.7 Å². The Morgan fingerprint density at radius 1 is 1.05 bits per heavy atom. The van der Waals surface area contributed by atoms with E-state index in [0.29, 0.717) is 11.8 Å². The first-order valence-corrected chi connectivity index (χ1v) is 8.82. The summed E-state index contributed by atoms with van der Waals surface area (Å²) in [7, 11) is 0. The standard InChI is InChI=1S/C19H27NS/c1-15(2)13-20-14-18(10-11-19-5-4-12-21-19)17-8-6-16(3)7-9-17/h4-9,12,15,18,20H,10-11,13-14H2,1-3H3. The second-order valence-corrected chi connectivity index (χ2v) is 7.31. The molecule has 0 amide bonds. The molecule has 0 spiro atoms. The molecule has 2 rings (SSSR count). The molecular weight excluding hydrogens is 274 g/mol. The number of thiophene rings is 1. The fraction of sp³-hybridized carbons (Fsp3) is 0.474. The Kier molecular flexibility index (Phi) is 6.47. The predicted octanol–water partition coefficient (Wildman–Crippen LogP) is 5.02. The van der Waals surface area contributed by atoms with Gasteiger partial charge in [0, 0.05) is 11.4 Å². The van der Waals surface area contributed by atoms with E-state index in [1.54, 1.807) is 0 Å². The average Bonchev–Trinajstić information content (AvgIpc) is 2.96. The van der Waals surface area contributed by atoms with Crippen LogP contribution in [0.25, 0.3) is 0 Å². The van der Waals surface area contributed by atoms with Crippen LogP contribution in [0.5, 0.6) is 0 Å². The second kappa shape index (κ2) is 8.35. The maximum absolute atomic E-state index is 3.63. The van der Waals surface area contributed by atoms with Crippen LogP contribution in [0.3, 0.4) is 0 Å². The predicted molar refractivity (Wildman–Crippen MR) is 94.3 cm³/mol. The molecule has 1 unspecified atom stereocenters. The summed E-state index contributed by atoms with van der Waals surface area (Å²) < 4.78 is 0. The maximum atomic E-state index is 3.63. The summed E-state index contributed by atoms with van der Waals surface area (Å²) in [4.78, 5) is 1.50. The quantitative estimate of drug-likeness (QED) is 0.722. The largest absolute Gasteiger partial charge is 0.316 e. The van der Waals surface area contributed by atoms with Gasteiger partial charge in [0.1, 0.15) is 0 Å². The Balaban J connectivity index is 1.97. The van der Waals surface area contributed by atoms with E-state index in [-0.39, 0.29) is 0 Å². The van der Waals surface area contributed by atoms with E-state index in [1.165, 1.54) is 28.8 Å². The molecule has 1 atom stereocenters. The van der Waals surface area contributed by atoms with Crippen molar-refractivity contribution in [3.05, 3.63) is 57.8 Å². The van der Waals surface area contributed by atoms with Crippen LogP contribution >= 0.6 is 11.3 Å². The number of nitrogens with one attached hydrogen (secondary N) is 1. The first kappa shape index (κ1) is 16.3. The lowest BCUT2D eigenvalue weighted by Gasteiger charge is -2.19. The zero-order chi connectivity index (χ0) is 15.1. The lowest BCUT2D eigenvalue weighted by Crippen LogP contribution is -2.25. The van der Waals surface area contributed by atoms with Gasteiger partial charge in [0.2, 0.25) is 0 Å². The molecule has 1 nitrogen and oxygen atoms in total. The molecule has 2 aromatic rings. The van der Waals surface area contributed by atoms with Crippen LogP contribution in [0.1, 0.15) is 42.2 Å². The summed E-state index contributed by atoms with van der Waals surface area (Å²) in [5, 5.41) is 5.81. The maximum Gasteiger partial charge on any atom is 0.00454 e. The number of rotatable bonds is 8. The summed E-state index contributed by atoms with van der Waals surface area (Å²) in [5.41, 5.74) is 2.80. The van der Waals surface area contributed by atoms with Crippen LogP contribution in [-0.4, -0.2) is 13.1 Å². The van der Waals surface area contributed by atoms with Crippen molar-refractivity contribution in [1.82, 2.24) is 5.32 Å². The van der Waals surface area contributed by atoms with Gasteiger partial charge in [-0.25, -0.2) is 0 Å². The summed E-state index contributed by atoms with van der Waals surface area (Å²) in [6, 6.07) is 13.5. The fourth-order valence-electron chi connectivity index (χ4n) is 2.54. The molecule has 0 aliphatic carbocycles. The van der Waals surface area contributed by atoms with Crippen molar-refractivity contribution < 1.29 is 0 Å². The van der Waals surface area contributed by atoms with Crippen LogP contribution in [0, 0.1) is 12.8 Å². The van der Waals surface area contributed by atoms with Gasteiger partial charge in [-0.15, -0.1) is 11.3 Å². The first-order valence-electron chi connectivity index (χ1n) is 7.95. The van der Waals surface area contributed by atoms with Crippen molar-refractivity contribution in [3.8, 4) is 0 Å². The molecule has 1 N–H and O–H groups in total. The van der Waals surface area contributed by atoms with Gasteiger partial charge in [0.25, 0.3) is 0 Å². The molecule has 0 saturated heterocycles. The van der Waals surface area contributed by atoms with Crippen LogP contribution in [0.2, 0.25) is 0 Å². The van der Waals surface area contributed by atoms with Gasteiger partial charge in [0.05, 0.1) is 0 Å². The fourth-order valence-corrected chi connectivity index (χ4v) is 3.27. The zero-order valence-electron chi connectivity index (χ0n) is 13.4. The minimum atomic E-state index is 0.603. The smallest absolute Gasteiger partial charge is 0.00454 e. The zero-order valence-corrected chi connectivity index (χ0v) is 14.2. The summed E-state index contributed by atoms with van der Waals surface area (Å²) in [6.45, 7) is 8.86. The summed E-state index contributed by atoms with van der Waals surface area (Å²) in [5.74, 6) is 1.31. The van der Waals surface area contributed by atoms with Gasteiger partial charge in [-0.05, 0) is 55.2 Å². The third-order valence-electron chi connectivity index (χ3n) is 3.81. The second-order valence-electron chi connectivity index (χ2n) is 6.28. The molecule has 0 aliphatic rings. The van der Waals surface area contributed by atoms with Crippen molar-refractivity contribution in [2.45, 2.75) is 39.5 Å². The Hall–Kier alpha value is -1.12. The first-order chi connectivity index (χ1) is 10.1. The number of hydrogen-bond acceptors (Lipinski definition) is 2. The average molecular weight is 301 g/mol. The van der Waals surface area contributed by atoms with Crippen molar-refractivity contribution in [2.75, 3.05) is 13.1 Å². The van der Waals surface area contributed by atoms with Crippen LogP contribution in [-0.2, 0) is 6.42 Å². The van der Waals surface area contributed by atoms with Gasteiger partial charge in [-0.3, -0.25) is 0 Å². The van der Waals surface area contributed by atoms with Gasteiger partial charge >= 0.3 is 0 Å². The normalized spacial score (nSPS) is 12.8. The summed E-state index contributed by atoms with van der Waals surface area (Å²) in [6.07, 6.45) is 2.40. The number of benzene rings is 1. The molecule has 1 aromatic carbocycles.